The molecule has 20 heavy (non-hydrogen) atoms. The molecule has 0 spiro atoms. The van der Waals surface area contributed by atoms with E-state index in [1.54, 1.807) is 6.20 Å². The van der Waals surface area contributed by atoms with Crippen LogP contribution in [0, 0.1) is 0 Å². The first-order valence-corrected chi connectivity index (χ1v) is 7.28. The number of nitrogens with zero attached hydrogens (tertiary/aromatic N) is 3. The zero-order valence-electron chi connectivity index (χ0n) is 12.6. The van der Waals surface area contributed by atoms with Crippen molar-refractivity contribution in [3.63, 3.8) is 0 Å². The Bertz CT molecular complexity index is 463. The quantitative estimate of drug-likeness (QED) is 0.909. The molecular formula is C15H24N4O. The summed E-state index contributed by atoms with van der Waals surface area (Å²) < 4.78 is 0. The number of hydrogen-bond donors (Lipinski definition) is 1. The summed E-state index contributed by atoms with van der Waals surface area (Å²) in [6, 6.07) is 3.95. The predicted octanol–water partition coefficient (Wildman–Crippen LogP) is 1.68. The molecule has 0 aliphatic carbocycles. The summed E-state index contributed by atoms with van der Waals surface area (Å²) in [5.41, 5.74) is 0.657. The number of rotatable bonds is 4. The lowest BCUT2D eigenvalue weighted by atomic mass is 10.0. The number of piperidine rings is 1. The third-order valence-electron chi connectivity index (χ3n) is 3.85. The lowest BCUT2D eigenvalue weighted by molar-refractivity contribution is 0.0644. The number of likely N-dealkylation sites (tertiary alicyclic amines) is 1. The fourth-order valence-corrected chi connectivity index (χ4v) is 2.70. The van der Waals surface area contributed by atoms with Crippen molar-refractivity contribution in [2.24, 2.45) is 0 Å². The van der Waals surface area contributed by atoms with Crippen molar-refractivity contribution < 1.29 is 4.79 Å². The second kappa shape index (κ2) is 6.70. The highest BCUT2D eigenvalue weighted by Crippen LogP contribution is 2.19. The molecule has 1 amide bonds. The van der Waals surface area contributed by atoms with Crippen LogP contribution in [0.15, 0.2) is 18.3 Å². The van der Waals surface area contributed by atoms with Gasteiger partial charge in [0.1, 0.15) is 5.82 Å². The maximum absolute atomic E-state index is 12.7. The summed E-state index contributed by atoms with van der Waals surface area (Å²) in [7, 11) is 4.01. The summed E-state index contributed by atoms with van der Waals surface area (Å²) in [6.45, 7) is 4.82. The Morgan fingerprint density at radius 3 is 3.10 bits per heavy atom. The van der Waals surface area contributed by atoms with Crippen molar-refractivity contribution in [2.45, 2.75) is 25.8 Å². The first-order chi connectivity index (χ1) is 9.63. The van der Waals surface area contributed by atoms with Gasteiger partial charge in [0.25, 0.3) is 5.91 Å². The van der Waals surface area contributed by atoms with E-state index >= 15 is 0 Å². The molecule has 1 unspecified atom stereocenters. The first kappa shape index (κ1) is 14.8. The van der Waals surface area contributed by atoms with Crippen LogP contribution in [0.1, 0.15) is 30.1 Å². The molecule has 1 N–H and O–H groups in total. The molecule has 1 saturated heterocycles. The predicted molar refractivity (Wildman–Crippen MR) is 81.0 cm³/mol. The van der Waals surface area contributed by atoms with Crippen LogP contribution >= 0.6 is 0 Å². The molecule has 1 aliphatic rings. The molecule has 1 aromatic heterocycles. The minimum atomic E-state index is 0.0503. The van der Waals surface area contributed by atoms with Gasteiger partial charge in [-0.2, -0.15) is 0 Å². The van der Waals surface area contributed by atoms with Crippen molar-refractivity contribution in [1.29, 1.82) is 0 Å². The van der Waals surface area contributed by atoms with Crippen molar-refractivity contribution in [2.75, 3.05) is 39.0 Å². The molecule has 1 aromatic rings. The number of pyridine rings is 1. The third-order valence-corrected chi connectivity index (χ3v) is 3.85. The number of amides is 1. The Morgan fingerprint density at radius 2 is 2.40 bits per heavy atom. The van der Waals surface area contributed by atoms with E-state index in [0.717, 1.165) is 32.5 Å². The van der Waals surface area contributed by atoms with E-state index in [0.29, 0.717) is 11.4 Å². The van der Waals surface area contributed by atoms with Gasteiger partial charge in [-0.25, -0.2) is 4.98 Å². The van der Waals surface area contributed by atoms with E-state index in [9.17, 15) is 4.79 Å². The number of nitrogens with one attached hydrogen (secondary N) is 1. The Balaban J connectivity index is 2.13. The van der Waals surface area contributed by atoms with Crippen molar-refractivity contribution in [1.82, 2.24) is 14.8 Å². The van der Waals surface area contributed by atoms with Gasteiger partial charge in [0.2, 0.25) is 0 Å². The standard InChI is InChI=1S/C15H24N4O/c1-4-16-14-13(8-5-9-17-14)15(20)19(3)12-7-6-10-18(2)11-12/h5,8-9,12H,4,6-7,10-11H2,1-3H3,(H,16,17). The highest BCUT2D eigenvalue weighted by Gasteiger charge is 2.26. The summed E-state index contributed by atoms with van der Waals surface area (Å²) in [5, 5.41) is 3.15. The number of aromatic nitrogens is 1. The normalized spacial score (nSPS) is 19.6. The van der Waals surface area contributed by atoms with Gasteiger partial charge < -0.3 is 15.1 Å². The smallest absolute Gasteiger partial charge is 0.257 e. The molecule has 2 rings (SSSR count). The van der Waals surface area contributed by atoms with Crippen molar-refractivity contribution >= 4 is 11.7 Å². The number of likely N-dealkylation sites (N-methyl/N-ethyl adjacent to an activating group) is 2. The largest absolute Gasteiger partial charge is 0.370 e. The number of carbonyl (C=O) groups excluding carboxylic acids is 1. The molecule has 5 heteroatoms. The van der Waals surface area contributed by atoms with Crippen LogP contribution in [0.5, 0.6) is 0 Å². The first-order valence-electron chi connectivity index (χ1n) is 7.28. The van der Waals surface area contributed by atoms with Crippen LogP contribution in [0.2, 0.25) is 0 Å². The van der Waals surface area contributed by atoms with Gasteiger partial charge in [-0.05, 0) is 45.5 Å². The molecule has 1 fully saturated rings. The number of carbonyl (C=O) groups is 1. The summed E-state index contributed by atoms with van der Waals surface area (Å²) in [4.78, 5) is 21.1. The molecule has 0 radical (unpaired) electrons. The Labute approximate surface area is 121 Å². The van der Waals surface area contributed by atoms with Gasteiger partial charge in [-0.3, -0.25) is 4.79 Å². The van der Waals surface area contributed by atoms with Crippen LogP contribution < -0.4 is 5.32 Å². The number of anilines is 1. The fourth-order valence-electron chi connectivity index (χ4n) is 2.70. The van der Waals surface area contributed by atoms with Gasteiger partial charge in [0, 0.05) is 32.4 Å². The molecule has 1 aliphatic heterocycles. The zero-order chi connectivity index (χ0) is 14.5. The summed E-state index contributed by atoms with van der Waals surface area (Å²) in [6.07, 6.45) is 3.93. The van der Waals surface area contributed by atoms with Crippen LogP contribution in [-0.2, 0) is 0 Å². The topological polar surface area (TPSA) is 48.5 Å². The highest BCUT2D eigenvalue weighted by atomic mass is 16.2. The molecule has 0 saturated carbocycles. The van der Waals surface area contributed by atoms with Crippen molar-refractivity contribution in [3.8, 4) is 0 Å². The average Bonchev–Trinajstić information content (AvgIpc) is 2.47. The molecule has 110 valence electrons. The molecular weight excluding hydrogens is 252 g/mol. The second-order valence-corrected chi connectivity index (χ2v) is 5.40. The van der Waals surface area contributed by atoms with Crippen molar-refractivity contribution in [3.05, 3.63) is 23.9 Å². The highest BCUT2D eigenvalue weighted by molar-refractivity contribution is 5.98. The van der Waals surface area contributed by atoms with Crippen LogP contribution in [0.4, 0.5) is 5.82 Å². The van der Waals surface area contributed by atoms with E-state index in [1.807, 2.05) is 31.0 Å². The maximum Gasteiger partial charge on any atom is 0.257 e. The second-order valence-electron chi connectivity index (χ2n) is 5.40. The fraction of sp³-hybridized carbons (Fsp3) is 0.600. The SMILES string of the molecule is CCNc1ncccc1C(=O)N(C)C1CCCN(C)C1. The summed E-state index contributed by atoms with van der Waals surface area (Å²) in [5.74, 6) is 0.727. The van der Waals surface area contributed by atoms with E-state index in [1.165, 1.54) is 0 Å². The van der Waals surface area contributed by atoms with Crippen LogP contribution in [0.3, 0.4) is 0 Å². The Morgan fingerprint density at radius 1 is 1.60 bits per heavy atom. The van der Waals surface area contributed by atoms with E-state index in [-0.39, 0.29) is 11.9 Å². The Hall–Kier alpha value is -1.62. The molecule has 2 heterocycles. The molecule has 5 nitrogen and oxygen atoms in total. The lowest BCUT2D eigenvalue weighted by Gasteiger charge is -2.36. The van der Waals surface area contributed by atoms with E-state index < -0.39 is 0 Å². The maximum atomic E-state index is 12.7. The molecule has 0 aromatic carbocycles. The van der Waals surface area contributed by atoms with Crippen LogP contribution in [0.25, 0.3) is 0 Å². The van der Waals surface area contributed by atoms with Gasteiger partial charge in [0.15, 0.2) is 0 Å². The summed E-state index contributed by atoms with van der Waals surface area (Å²) >= 11 is 0. The van der Waals surface area contributed by atoms with Gasteiger partial charge >= 0.3 is 0 Å². The van der Waals surface area contributed by atoms with Crippen LogP contribution in [-0.4, -0.2) is 60.5 Å². The van der Waals surface area contributed by atoms with Gasteiger partial charge in [0.05, 0.1) is 5.56 Å². The molecule has 0 bridgehead atoms. The van der Waals surface area contributed by atoms with Gasteiger partial charge in [-0.1, -0.05) is 0 Å². The third kappa shape index (κ3) is 3.28. The lowest BCUT2D eigenvalue weighted by Crippen LogP contribution is -2.47. The minimum Gasteiger partial charge on any atom is -0.370 e. The molecule has 1 atom stereocenters. The minimum absolute atomic E-state index is 0.0503. The van der Waals surface area contributed by atoms with E-state index in [2.05, 4.69) is 22.2 Å². The monoisotopic (exact) mass is 276 g/mol. The van der Waals surface area contributed by atoms with E-state index in [4.69, 9.17) is 0 Å². The number of hydrogen-bond acceptors (Lipinski definition) is 4. The average molecular weight is 276 g/mol. The van der Waals surface area contributed by atoms with Gasteiger partial charge in [-0.15, -0.1) is 0 Å². The zero-order valence-corrected chi connectivity index (χ0v) is 12.6. The Kier molecular flexibility index (Phi) is 4.95.